The van der Waals surface area contributed by atoms with Crippen LogP contribution in [0.4, 0.5) is 0 Å². The summed E-state index contributed by atoms with van der Waals surface area (Å²) in [7, 11) is 0. The van der Waals surface area contributed by atoms with Gasteiger partial charge in [-0.2, -0.15) is 0 Å². The van der Waals surface area contributed by atoms with Crippen LogP contribution in [0.15, 0.2) is 71.9 Å². The summed E-state index contributed by atoms with van der Waals surface area (Å²) >= 11 is 0. The van der Waals surface area contributed by atoms with E-state index in [2.05, 4.69) is 10.5 Å². The summed E-state index contributed by atoms with van der Waals surface area (Å²) in [5.74, 6) is -0.370. The van der Waals surface area contributed by atoms with E-state index in [0.717, 1.165) is 21.9 Å². The minimum Gasteiger partial charge on any atom is -0.410 e. The molecule has 4 heteroatoms. The number of nitrogens with zero attached hydrogens (tertiary/aromatic N) is 1. The van der Waals surface area contributed by atoms with E-state index in [1.54, 1.807) is 0 Å². The fraction of sp³-hybridized carbons (Fsp3) is 0.0526. The molecule has 3 aromatic rings. The van der Waals surface area contributed by atoms with Gasteiger partial charge in [-0.05, 0) is 21.9 Å². The van der Waals surface area contributed by atoms with Crippen molar-refractivity contribution < 1.29 is 10.0 Å². The third kappa shape index (κ3) is 2.07. The van der Waals surface area contributed by atoms with Crippen LogP contribution in [0.5, 0.6) is 0 Å². The number of carbonyl (C=O) groups is 1. The quantitative estimate of drug-likeness (QED) is 0.535. The molecule has 4 nitrogen and oxygen atoms in total. The zero-order chi connectivity index (χ0) is 15.8. The van der Waals surface area contributed by atoms with Gasteiger partial charge >= 0.3 is 0 Å². The van der Waals surface area contributed by atoms with Gasteiger partial charge in [-0.1, -0.05) is 71.9 Å². The van der Waals surface area contributed by atoms with Crippen LogP contribution in [0.1, 0.15) is 22.7 Å². The maximum atomic E-state index is 12.4. The second-order valence-corrected chi connectivity index (χ2v) is 5.52. The third-order valence-electron chi connectivity index (χ3n) is 4.23. The minimum atomic E-state index is -0.370. The van der Waals surface area contributed by atoms with E-state index in [9.17, 15) is 10.0 Å². The molecule has 1 amide bonds. The second kappa shape index (κ2) is 5.25. The molecular formula is C19H14N2O2. The predicted molar refractivity (Wildman–Crippen MR) is 88.7 cm³/mol. The van der Waals surface area contributed by atoms with Crippen LogP contribution in [0.25, 0.3) is 10.8 Å². The molecule has 1 unspecified atom stereocenters. The van der Waals surface area contributed by atoms with Gasteiger partial charge in [-0.15, -0.1) is 0 Å². The first-order valence-electron chi connectivity index (χ1n) is 7.39. The highest BCUT2D eigenvalue weighted by atomic mass is 16.4. The van der Waals surface area contributed by atoms with E-state index in [1.807, 2.05) is 66.7 Å². The molecule has 2 N–H and O–H groups in total. The summed E-state index contributed by atoms with van der Waals surface area (Å²) in [6.07, 6.45) is 0. The molecule has 1 aliphatic heterocycles. The lowest BCUT2D eigenvalue weighted by atomic mass is 9.85. The Balaban J connectivity index is 2.04. The Morgan fingerprint density at radius 2 is 1.65 bits per heavy atom. The molecule has 0 fully saturated rings. The predicted octanol–water partition coefficient (Wildman–Crippen LogP) is 3.24. The van der Waals surface area contributed by atoms with Gasteiger partial charge in [-0.3, -0.25) is 4.79 Å². The molecule has 0 bridgehead atoms. The van der Waals surface area contributed by atoms with Gasteiger partial charge in [0.05, 0.1) is 6.04 Å². The Morgan fingerprint density at radius 1 is 0.913 bits per heavy atom. The van der Waals surface area contributed by atoms with Crippen LogP contribution in [-0.2, 0) is 4.79 Å². The summed E-state index contributed by atoms with van der Waals surface area (Å²) in [4.78, 5) is 12.4. The van der Waals surface area contributed by atoms with Gasteiger partial charge in [0.15, 0.2) is 5.71 Å². The van der Waals surface area contributed by atoms with Crippen molar-refractivity contribution in [3.8, 4) is 0 Å². The van der Waals surface area contributed by atoms with Crippen molar-refractivity contribution in [3.05, 3.63) is 83.4 Å². The summed E-state index contributed by atoms with van der Waals surface area (Å²) < 4.78 is 0. The molecule has 112 valence electrons. The molecule has 3 aromatic carbocycles. The van der Waals surface area contributed by atoms with Crippen LogP contribution >= 0.6 is 0 Å². The van der Waals surface area contributed by atoms with Crippen LogP contribution < -0.4 is 5.32 Å². The number of hydrogen-bond acceptors (Lipinski definition) is 3. The Labute approximate surface area is 133 Å². The summed E-state index contributed by atoms with van der Waals surface area (Å²) in [6, 6.07) is 21.3. The molecule has 1 atom stereocenters. The van der Waals surface area contributed by atoms with E-state index < -0.39 is 0 Å². The number of fused-ring (bicyclic) bond motifs is 3. The Hall–Kier alpha value is -3.14. The first-order chi connectivity index (χ1) is 11.3. The standard InChI is InChI=1S/C19H14N2O2/c22-19-18(21-23)16-14-9-5-4-6-12(14)10-11-15(16)17(20-19)13-7-2-1-3-8-13/h1-11,17,23H,(H,20,22). The van der Waals surface area contributed by atoms with Gasteiger partial charge in [0, 0.05) is 5.56 Å². The van der Waals surface area contributed by atoms with Crippen molar-refractivity contribution in [2.45, 2.75) is 6.04 Å². The van der Waals surface area contributed by atoms with Crippen molar-refractivity contribution >= 4 is 22.4 Å². The number of nitrogens with one attached hydrogen (secondary N) is 1. The Kier molecular flexibility index (Phi) is 3.08. The Bertz CT molecular complexity index is 933. The van der Waals surface area contributed by atoms with E-state index in [1.165, 1.54) is 0 Å². The lowest BCUT2D eigenvalue weighted by molar-refractivity contribution is -0.115. The smallest absolute Gasteiger partial charge is 0.274 e. The average Bonchev–Trinajstić information content (AvgIpc) is 2.61. The molecule has 23 heavy (non-hydrogen) atoms. The largest absolute Gasteiger partial charge is 0.410 e. The number of hydrogen-bond donors (Lipinski definition) is 2. The van der Waals surface area contributed by atoms with E-state index in [-0.39, 0.29) is 17.7 Å². The van der Waals surface area contributed by atoms with Crippen molar-refractivity contribution in [2.75, 3.05) is 0 Å². The van der Waals surface area contributed by atoms with E-state index in [0.29, 0.717) is 5.56 Å². The minimum absolute atomic E-state index is 0.0592. The molecule has 1 aliphatic rings. The van der Waals surface area contributed by atoms with Gasteiger partial charge in [0.25, 0.3) is 5.91 Å². The second-order valence-electron chi connectivity index (χ2n) is 5.52. The van der Waals surface area contributed by atoms with E-state index >= 15 is 0 Å². The van der Waals surface area contributed by atoms with Crippen molar-refractivity contribution in [2.24, 2.45) is 5.16 Å². The first-order valence-corrected chi connectivity index (χ1v) is 7.39. The fourth-order valence-corrected chi connectivity index (χ4v) is 3.19. The van der Waals surface area contributed by atoms with Crippen LogP contribution in [0, 0.1) is 0 Å². The number of benzene rings is 3. The summed E-state index contributed by atoms with van der Waals surface area (Å²) in [5.41, 5.74) is 2.68. The number of amides is 1. The monoisotopic (exact) mass is 302 g/mol. The van der Waals surface area contributed by atoms with Gasteiger partial charge in [0.2, 0.25) is 0 Å². The molecule has 1 heterocycles. The summed E-state index contributed by atoms with van der Waals surface area (Å²) in [5, 5.41) is 17.4. The summed E-state index contributed by atoms with van der Waals surface area (Å²) in [6.45, 7) is 0. The average molecular weight is 302 g/mol. The highest BCUT2D eigenvalue weighted by molar-refractivity contribution is 6.48. The maximum Gasteiger partial charge on any atom is 0.274 e. The topological polar surface area (TPSA) is 61.7 Å². The molecule has 4 rings (SSSR count). The number of rotatable bonds is 1. The zero-order valence-electron chi connectivity index (χ0n) is 12.2. The highest BCUT2D eigenvalue weighted by Crippen LogP contribution is 2.34. The maximum absolute atomic E-state index is 12.4. The van der Waals surface area contributed by atoms with Crippen molar-refractivity contribution in [1.82, 2.24) is 5.32 Å². The number of carbonyl (C=O) groups excluding carboxylic acids is 1. The third-order valence-corrected chi connectivity index (χ3v) is 4.23. The molecular weight excluding hydrogens is 288 g/mol. The van der Waals surface area contributed by atoms with Crippen LogP contribution in [0.2, 0.25) is 0 Å². The lowest BCUT2D eigenvalue weighted by Crippen LogP contribution is -2.41. The van der Waals surface area contributed by atoms with Crippen molar-refractivity contribution in [1.29, 1.82) is 0 Å². The van der Waals surface area contributed by atoms with Crippen LogP contribution in [-0.4, -0.2) is 16.8 Å². The Morgan fingerprint density at radius 3 is 2.43 bits per heavy atom. The fourth-order valence-electron chi connectivity index (χ4n) is 3.19. The SMILES string of the molecule is O=C1NC(c2ccccc2)c2ccc3ccccc3c2C1=NO. The molecule has 0 radical (unpaired) electrons. The van der Waals surface area contributed by atoms with Crippen molar-refractivity contribution in [3.63, 3.8) is 0 Å². The molecule has 0 aromatic heterocycles. The molecule has 0 saturated heterocycles. The molecule has 0 saturated carbocycles. The first kappa shape index (κ1) is 13.5. The van der Waals surface area contributed by atoms with Gasteiger partial charge < -0.3 is 10.5 Å². The van der Waals surface area contributed by atoms with E-state index in [4.69, 9.17) is 0 Å². The van der Waals surface area contributed by atoms with Crippen LogP contribution in [0.3, 0.4) is 0 Å². The van der Waals surface area contributed by atoms with Gasteiger partial charge in [-0.25, -0.2) is 0 Å². The molecule has 0 spiro atoms. The van der Waals surface area contributed by atoms with Gasteiger partial charge in [0.1, 0.15) is 0 Å². The lowest BCUT2D eigenvalue weighted by Gasteiger charge is -2.28. The molecule has 0 aliphatic carbocycles. The number of oxime groups is 1. The highest BCUT2D eigenvalue weighted by Gasteiger charge is 2.32. The normalized spacial score (nSPS) is 18.7. The zero-order valence-corrected chi connectivity index (χ0v) is 12.2.